The number of aliphatic hydroxyl groups excluding tert-OH is 5. The fourth-order valence-electron chi connectivity index (χ4n) is 11.3. The Kier molecular flexibility index (Phi) is 26.4. The quantitative estimate of drug-likeness (QED) is 0.0345. The Bertz CT molecular complexity index is 3070. The smallest absolute Gasteiger partial charge is 0.251 e. The molecule has 3 aliphatic heterocycles. The van der Waals surface area contributed by atoms with Crippen LogP contribution in [-0.4, -0.2) is 208 Å². The van der Waals surface area contributed by atoms with Crippen molar-refractivity contribution in [1.29, 1.82) is 0 Å². The SMILES string of the molecule is C=C[C@H](C)C1NC(=O)C(NC(=O)c2ccc(-c3ccc(-c4ccc(OCCCCC)cc4)cc3)cc2)CCC(NCCOCCOCCN)NC(=O)C2[C@@H](O)[C@@H](C)CN2C(=O)C([C@@H](C)O)NC(=O)C([C@H](O)[C@@H](O)c2ccc(O)cc2)NC(=O)C2C[C@@H](O)CN2C1=O. The monoisotopic (exact) mass is 1260 g/mol. The third-order valence-corrected chi connectivity index (χ3v) is 16.7. The predicted molar refractivity (Wildman–Crippen MR) is 336 cm³/mol. The number of carbonyl (C=O) groups excluding carboxylic acids is 7. The van der Waals surface area contributed by atoms with Gasteiger partial charge in [-0.15, -0.1) is 6.58 Å². The number of carbonyl (C=O) groups is 7. The molecule has 0 spiro atoms. The topological polar surface area (TPSA) is 373 Å². The Morgan fingerprint density at radius 3 is 1.88 bits per heavy atom. The fraction of sp³-hybridized carbons (Fsp3) is 0.500. The second kappa shape index (κ2) is 34.0. The molecule has 0 bridgehead atoms. The summed E-state index contributed by atoms with van der Waals surface area (Å²) in [6.45, 7) is 11.5. The van der Waals surface area contributed by atoms with Crippen molar-refractivity contribution in [2.24, 2.45) is 17.6 Å². The van der Waals surface area contributed by atoms with E-state index in [1.54, 1.807) is 38.1 Å². The van der Waals surface area contributed by atoms with Crippen molar-refractivity contribution in [3.05, 3.63) is 121 Å². The zero-order chi connectivity index (χ0) is 65.9. The third kappa shape index (κ3) is 18.9. The Morgan fingerprint density at radius 1 is 0.692 bits per heavy atom. The number of amides is 7. The lowest BCUT2D eigenvalue weighted by molar-refractivity contribution is -0.147. The highest BCUT2D eigenvalue weighted by molar-refractivity contribution is 6.00. The number of hydrogen-bond acceptors (Lipinski definition) is 18. The van der Waals surface area contributed by atoms with E-state index in [1.807, 2.05) is 48.5 Å². The van der Waals surface area contributed by atoms with Gasteiger partial charge in [0.15, 0.2) is 0 Å². The van der Waals surface area contributed by atoms with Crippen molar-refractivity contribution in [3.8, 4) is 33.8 Å². The summed E-state index contributed by atoms with van der Waals surface area (Å²) in [6.07, 6.45) is -6.08. The van der Waals surface area contributed by atoms with Gasteiger partial charge in [0.05, 0.1) is 57.5 Å². The summed E-state index contributed by atoms with van der Waals surface area (Å²) in [6, 6.07) is 17.0. The number of nitrogens with zero attached hydrogens (tertiary/aromatic N) is 2. The van der Waals surface area contributed by atoms with Crippen molar-refractivity contribution >= 4 is 41.4 Å². The minimum Gasteiger partial charge on any atom is -0.508 e. The van der Waals surface area contributed by atoms with Crippen LogP contribution in [0.2, 0.25) is 0 Å². The normalized spacial score (nSPS) is 25.1. The van der Waals surface area contributed by atoms with E-state index in [2.05, 4.69) is 45.4 Å². The number of nitrogens with one attached hydrogen (secondary N) is 6. The molecule has 0 radical (unpaired) electrons. The summed E-state index contributed by atoms with van der Waals surface area (Å²) in [5.74, 6) is -7.91. The van der Waals surface area contributed by atoms with Crippen LogP contribution in [0.3, 0.4) is 0 Å². The molecule has 494 valence electrons. The van der Waals surface area contributed by atoms with E-state index >= 15 is 4.79 Å². The van der Waals surface area contributed by atoms with Crippen LogP contribution in [0, 0.1) is 11.8 Å². The van der Waals surface area contributed by atoms with E-state index < -0.39 is 139 Å². The molecule has 25 heteroatoms. The average molecular weight is 1260 g/mol. The van der Waals surface area contributed by atoms with E-state index in [-0.39, 0.29) is 62.6 Å². The number of phenolic OH excluding ortho intramolecular Hbond substituents is 1. The van der Waals surface area contributed by atoms with E-state index in [1.165, 1.54) is 30.3 Å². The first kappa shape index (κ1) is 70.6. The van der Waals surface area contributed by atoms with E-state index in [0.29, 0.717) is 19.8 Å². The summed E-state index contributed by atoms with van der Waals surface area (Å²) < 4.78 is 17.0. The number of benzene rings is 4. The summed E-state index contributed by atoms with van der Waals surface area (Å²) in [7, 11) is 0. The maximum absolute atomic E-state index is 15.0. The van der Waals surface area contributed by atoms with Gasteiger partial charge in [0, 0.05) is 50.0 Å². The lowest BCUT2D eigenvalue weighted by atomic mass is 9.96. The highest BCUT2D eigenvalue weighted by Gasteiger charge is 2.50. The van der Waals surface area contributed by atoms with Gasteiger partial charge in [-0.05, 0) is 90.4 Å². The Balaban J connectivity index is 1.22. The number of aliphatic hydroxyl groups is 5. The first-order valence-electron chi connectivity index (χ1n) is 31.1. The number of aromatic hydroxyl groups is 1. The van der Waals surface area contributed by atoms with Crippen molar-refractivity contribution < 1.29 is 78.4 Å². The number of fused-ring (bicyclic) bond motifs is 2. The molecular weight excluding hydrogens is 1170 g/mol. The molecule has 7 unspecified atom stereocenters. The van der Waals surface area contributed by atoms with Crippen molar-refractivity contribution in [2.45, 2.75) is 139 Å². The molecule has 3 saturated heterocycles. The summed E-state index contributed by atoms with van der Waals surface area (Å²) in [5, 5.41) is 83.7. The van der Waals surface area contributed by atoms with Crippen LogP contribution < -0.4 is 42.4 Å². The highest BCUT2D eigenvalue weighted by atomic mass is 16.5. The van der Waals surface area contributed by atoms with Crippen LogP contribution in [-0.2, 0) is 38.2 Å². The van der Waals surface area contributed by atoms with Crippen LogP contribution in [0.25, 0.3) is 22.3 Å². The van der Waals surface area contributed by atoms with Gasteiger partial charge in [0.25, 0.3) is 5.91 Å². The van der Waals surface area contributed by atoms with Gasteiger partial charge >= 0.3 is 0 Å². The molecule has 14 N–H and O–H groups in total. The molecule has 0 aliphatic carbocycles. The number of unbranched alkanes of at least 4 members (excludes halogenated alkanes) is 2. The van der Waals surface area contributed by atoms with Crippen LogP contribution in [0.15, 0.2) is 110 Å². The number of nitrogens with two attached hydrogens (primary N) is 1. The molecule has 91 heavy (non-hydrogen) atoms. The zero-order valence-corrected chi connectivity index (χ0v) is 51.9. The Labute approximate surface area is 530 Å². The van der Waals surface area contributed by atoms with Gasteiger partial charge in [0.2, 0.25) is 35.4 Å². The molecular formula is C66H89N9O16. The number of rotatable bonds is 24. The van der Waals surface area contributed by atoms with E-state index in [4.69, 9.17) is 19.9 Å². The zero-order valence-electron chi connectivity index (χ0n) is 51.9. The number of ether oxygens (including phenoxy) is 3. The number of phenols is 1. The molecule has 3 aliphatic rings. The summed E-state index contributed by atoms with van der Waals surface area (Å²) in [4.78, 5) is 105. The lowest BCUT2D eigenvalue weighted by Crippen LogP contribution is -2.64. The largest absolute Gasteiger partial charge is 0.508 e. The van der Waals surface area contributed by atoms with Crippen LogP contribution in [0.4, 0.5) is 0 Å². The second-order valence-corrected chi connectivity index (χ2v) is 23.5. The average Bonchev–Trinajstić information content (AvgIpc) is 1.73. The van der Waals surface area contributed by atoms with Gasteiger partial charge in [-0.25, -0.2) is 0 Å². The maximum atomic E-state index is 15.0. The van der Waals surface area contributed by atoms with Gasteiger partial charge in [0.1, 0.15) is 60.0 Å². The van der Waals surface area contributed by atoms with Gasteiger partial charge in [-0.2, -0.15) is 0 Å². The second-order valence-electron chi connectivity index (χ2n) is 23.5. The third-order valence-electron chi connectivity index (χ3n) is 16.7. The maximum Gasteiger partial charge on any atom is 0.251 e. The van der Waals surface area contributed by atoms with Gasteiger partial charge in [-0.3, -0.25) is 38.9 Å². The molecule has 25 nitrogen and oxygen atoms in total. The molecule has 4 aromatic rings. The van der Waals surface area contributed by atoms with Crippen molar-refractivity contribution in [2.75, 3.05) is 59.2 Å². The summed E-state index contributed by atoms with van der Waals surface area (Å²) in [5.41, 5.74) is 9.31. The summed E-state index contributed by atoms with van der Waals surface area (Å²) >= 11 is 0. The molecule has 7 amide bonds. The molecule has 14 atom stereocenters. The van der Waals surface area contributed by atoms with Crippen molar-refractivity contribution in [3.63, 3.8) is 0 Å². The molecule has 3 heterocycles. The predicted octanol–water partition coefficient (Wildman–Crippen LogP) is 1.13. The van der Waals surface area contributed by atoms with Crippen LogP contribution in [0.5, 0.6) is 11.5 Å². The minimum atomic E-state index is -2.24. The molecule has 0 aromatic heterocycles. The van der Waals surface area contributed by atoms with E-state index in [0.717, 1.165) is 64.0 Å². The molecule has 7 rings (SSSR count). The standard InChI is InChI=1S/C66H89N9O16/c1-6-8-9-30-91-49-24-20-44(21-25-49)42-12-10-41(11-13-42)43-14-16-46(17-15-43)60(82)69-50-26-27-52(68-29-32-90-34-33-89-31-28-67)70-64(86)56-57(79)39(4)36-75(56)66(88)54(40(5)76)72-63(85)55(59(81)58(80)45-18-22-47(77)23-19-45)73-62(84)51-35-48(78)37-74(51)65(87)53(38(3)7-2)71-61(50)83/h7,10-25,38-40,48,50-59,68,76-81H,2,6,8-9,26-37,67H2,1,3-5H3,(H,69,82)(H,70,86)(H,71,83)(H,72,85)(H,73,84)/t38-,39-,40+,48+,50?,51?,52?,53?,54?,55?,56?,57-,58-,59-/m0/s1. The van der Waals surface area contributed by atoms with Gasteiger partial charge < -0.3 is 87.0 Å². The first-order valence-corrected chi connectivity index (χ1v) is 31.1. The van der Waals surface area contributed by atoms with Crippen molar-refractivity contribution in [1.82, 2.24) is 41.7 Å². The van der Waals surface area contributed by atoms with E-state index in [9.17, 15) is 59.4 Å². The molecule has 0 saturated carbocycles. The molecule has 4 aromatic carbocycles. The Morgan fingerprint density at radius 2 is 1.27 bits per heavy atom. The Hall–Kier alpha value is -7.85. The minimum absolute atomic E-state index is 0.0306. The first-order chi connectivity index (χ1) is 43.6. The van der Waals surface area contributed by atoms with Crippen LogP contribution in [0.1, 0.15) is 88.2 Å². The number of hydrogen-bond donors (Lipinski definition) is 13. The molecule has 3 fully saturated rings. The van der Waals surface area contributed by atoms with Crippen LogP contribution >= 0.6 is 0 Å². The fourth-order valence-corrected chi connectivity index (χ4v) is 11.3. The lowest BCUT2D eigenvalue weighted by Gasteiger charge is -2.34. The highest BCUT2D eigenvalue weighted by Crippen LogP contribution is 2.30. The van der Waals surface area contributed by atoms with Gasteiger partial charge in [-0.1, -0.05) is 100 Å².